The van der Waals surface area contributed by atoms with Crippen molar-refractivity contribution >= 4 is 22.9 Å². The Balaban J connectivity index is 1.57. The Kier molecular flexibility index (Phi) is 4.98. The van der Waals surface area contributed by atoms with Crippen LogP contribution in [0.25, 0.3) is 27.4 Å². The Hall–Kier alpha value is -3.32. The third-order valence-corrected chi connectivity index (χ3v) is 5.68. The van der Waals surface area contributed by atoms with Gasteiger partial charge in [0, 0.05) is 29.4 Å². The minimum atomic E-state index is -0.671. The molecule has 0 aliphatic rings. The van der Waals surface area contributed by atoms with Crippen LogP contribution in [0.4, 0.5) is 14.6 Å². The van der Waals surface area contributed by atoms with Gasteiger partial charge in [0.25, 0.3) is 0 Å². The van der Waals surface area contributed by atoms with E-state index >= 15 is 0 Å². The highest BCUT2D eigenvalue weighted by molar-refractivity contribution is 7.15. The smallest absolute Gasteiger partial charge is 0.135 e. The van der Waals surface area contributed by atoms with Crippen molar-refractivity contribution in [2.45, 2.75) is 6.92 Å². The molecule has 0 aliphatic heterocycles. The summed E-state index contributed by atoms with van der Waals surface area (Å²) in [7, 11) is 1.96. The monoisotopic (exact) mass is 408 g/mol. The SMILES string of the molecule is C=C(Nc1ccc(-c2cc(-c3cncn3C)sc2C)cn1)c1c(F)cccc1F. The van der Waals surface area contributed by atoms with E-state index in [0.717, 1.165) is 21.7 Å². The average molecular weight is 408 g/mol. The van der Waals surface area contributed by atoms with Crippen molar-refractivity contribution in [2.75, 3.05) is 5.32 Å². The Labute approximate surface area is 171 Å². The average Bonchev–Trinajstić information content (AvgIpc) is 3.27. The predicted octanol–water partition coefficient (Wildman–Crippen LogP) is 5.88. The third-order valence-electron chi connectivity index (χ3n) is 4.60. The molecule has 4 rings (SSSR count). The number of rotatable bonds is 5. The van der Waals surface area contributed by atoms with Crippen LogP contribution < -0.4 is 5.32 Å². The largest absolute Gasteiger partial charge is 0.340 e. The molecule has 7 heteroatoms. The number of thiophene rings is 1. The van der Waals surface area contributed by atoms with Gasteiger partial charge in [-0.1, -0.05) is 12.6 Å². The van der Waals surface area contributed by atoms with E-state index in [4.69, 9.17) is 0 Å². The van der Waals surface area contributed by atoms with Crippen LogP contribution in [-0.4, -0.2) is 14.5 Å². The first-order valence-electron chi connectivity index (χ1n) is 8.88. The fraction of sp³-hybridized carbons (Fsp3) is 0.0909. The fourth-order valence-corrected chi connectivity index (χ4v) is 4.21. The van der Waals surface area contributed by atoms with Crippen LogP contribution in [0.5, 0.6) is 0 Å². The van der Waals surface area contributed by atoms with E-state index in [1.807, 2.05) is 23.9 Å². The van der Waals surface area contributed by atoms with Crippen LogP contribution in [0.3, 0.4) is 0 Å². The van der Waals surface area contributed by atoms with Crippen molar-refractivity contribution in [1.82, 2.24) is 14.5 Å². The highest BCUT2D eigenvalue weighted by atomic mass is 32.1. The van der Waals surface area contributed by atoms with E-state index in [1.54, 1.807) is 29.9 Å². The highest BCUT2D eigenvalue weighted by Gasteiger charge is 2.14. The second-order valence-electron chi connectivity index (χ2n) is 6.60. The van der Waals surface area contributed by atoms with Gasteiger partial charge < -0.3 is 9.88 Å². The first kappa shape index (κ1) is 19.0. The normalized spacial score (nSPS) is 10.9. The van der Waals surface area contributed by atoms with E-state index in [2.05, 4.69) is 34.9 Å². The lowest BCUT2D eigenvalue weighted by Gasteiger charge is -2.11. The zero-order chi connectivity index (χ0) is 20.5. The molecule has 4 nitrogen and oxygen atoms in total. The Morgan fingerprint density at radius 2 is 1.90 bits per heavy atom. The van der Waals surface area contributed by atoms with E-state index < -0.39 is 11.6 Å². The van der Waals surface area contributed by atoms with Gasteiger partial charge in [-0.15, -0.1) is 11.3 Å². The van der Waals surface area contributed by atoms with Crippen molar-refractivity contribution in [3.63, 3.8) is 0 Å². The first-order valence-corrected chi connectivity index (χ1v) is 9.69. The molecule has 0 aliphatic carbocycles. The molecule has 0 saturated carbocycles. The molecule has 0 radical (unpaired) electrons. The van der Waals surface area contributed by atoms with Gasteiger partial charge in [-0.25, -0.2) is 18.7 Å². The van der Waals surface area contributed by atoms with Crippen LogP contribution in [0.15, 0.2) is 61.7 Å². The van der Waals surface area contributed by atoms with Gasteiger partial charge in [0.2, 0.25) is 0 Å². The molecule has 0 amide bonds. The summed E-state index contributed by atoms with van der Waals surface area (Å²) in [5, 5.41) is 2.87. The molecule has 3 heterocycles. The van der Waals surface area contributed by atoms with Crippen molar-refractivity contribution in [1.29, 1.82) is 0 Å². The number of nitrogens with one attached hydrogen (secondary N) is 1. The number of aryl methyl sites for hydroxylation is 2. The van der Waals surface area contributed by atoms with E-state index in [-0.39, 0.29) is 11.3 Å². The molecular formula is C22H18F2N4S. The molecule has 0 fully saturated rings. The van der Waals surface area contributed by atoms with Crippen LogP contribution >= 0.6 is 11.3 Å². The molecular weight excluding hydrogens is 390 g/mol. The number of aromatic nitrogens is 3. The lowest BCUT2D eigenvalue weighted by molar-refractivity contribution is 0.577. The summed E-state index contributed by atoms with van der Waals surface area (Å²) in [6.45, 7) is 5.80. The molecule has 0 atom stereocenters. The van der Waals surface area contributed by atoms with Gasteiger partial charge in [0.1, 0.15) is 17.5 Å². The van der Waals surface area contributed by atoms with Crippen molar-refractivity contribution < 1.29 is 8.78 Å². The number of halogens is 2. The summed E-state index contributed by atoms with van der Waals surface area (Å²) in [5.41, 5.74) is 3.03. The van der Waals surface area contributed by atoms with Gasteiger partial charge in [-0.2, -0.15) is 0 Å². The Morgan fingerprint density at radius 1 is 1.14 bits per heavy atom. The molecule has 0 bridgehead atoms. The molecule has 0 spiro atoms. The third kappa shape index (κ3) is 3.69. The molecule has 0 saturated heterocycles. The van der Waals surface area contributed by atoms with Crippen molar-refractivity contribution in [2.24, 2.45) is 7.05 Å². The first-order chi connectivity index (χ1) is 13.9. The lowest BCUT2D eigenvalue weighted by atomic mass is 10.1. The fourth-order valence-electron chi connectivity index (χ4n) is 3.12. The highest BCUT2D eigenvalue weighted by Crippen LogP contribution is 2.36. The number of pyridine rings is 1. The summed E-state index contributed by atoms with van der Waals surface area (Å²) < 4.78 is 29.8. The molecule has 1 N–H and O–H groups in total. The van der Waals surface area contributed by atoms with Gasteiger partial charge in [-0.05, 0) is 42.8 Å². The maximum Gasteiger partial charge on any atom is 0.135 e. The summed E-state index contributed by atoms with van der Waals surface area (Å²) in [6, 6.07) is 9.51. The van der Waals surface area contributed by atoms with Gasteiger partial charge in [0.15, 0.2) is 0 Å². The number of anilines is 1. The summed E-state index contributed by atoms with van der Waals surface area (Å²) in [6.07, 6.45) is 5.35. The van der Waals surface area contributed by atoms with Gasteiger partial charge >= 0.3 is 0 Å². The summed E-state index contributed by atoms with van der Waals surface area (Å²) in [4.78, 5) is 10.9. The van der Waals surface area contributed by atoms with Crippen LogP contribution in [0.2, 0.25) is 0 Å². The number of hydrogen-bond donors (Lipinski definition) is 1. The maximum absolute atomic E-state index is 13.9. The number of benzene rings is 1. The van der Waals surface area contributed by atoms with E-state index in [0.29, 0.717) is 5.82 Å². The number of nitrogens with zero attached hydrogens (tertiary/aromatic N) is 3. The van der Waals surface area contributed by atoms with Gasteiger partial charge in [-0.3, -0.25) is 0 Å². The summed E-state index contributed by atoms with van der Waals surface area (Å²) >= 11 is 1.69. The van der Waals surface area contributed by atoms with E-state index in [9.17, 15) is 8.78 Å². The zero-order valence-electron chi connectivity index (χ0n) is 15.9. The Morgan fingerprint density at radius 3 is 2.52 bits per heavy atom. The second-order valence-corrected chi connectivity index (χ2v) is 7.86. The number of imidazole rings is 1. The topological polar surface area (TPSA) is 42.7 Å². The van der Waals surface area contributed by atoms with Crippen LogP contribution in [0.1, 0.15) is 10.4 Å². The maximum atomic E-state index is 13.9. The predicted molar refractivity (Wildman–Crippen MR) is 114 cm³/mol. The molecule has 3 aromatic heterocycles. The quantitative estimate of drug-likeness (QED) is 0.448. The standard InChI is InChI=1S/C22H18F2N4S/c1-13(22-17(23)5-4-6-18(22)24)27-21-8-7-15(10-26-21)16-9-20(29-14(16)2)19-11-25-12-28(19)3/h4-12H,1H2,2-3H3,(H,26,27). The summed E-state index contributed by atoms with van der Waals surface area (Å²) in [5.74, 6) is -0.882. The second kappa shape index (κ2) is 7.60. The minimum absolute atomic E-state index is 0.117. The number of hydrogen-bond acceptors (Lipinski definition) is 4. The molecule has 29 heavy (non-hydrogen) atoms. The molecule has 4 aromatic rings. The van der Waals surface area contributed by atoms with Crippen molar-refractivity contribution in [3.05, 3.63) is 83.8 Å². The van der Waals surface area contributed by atoms with Crippen LogP contribution in [0, 0.1) is 18.6 Å². The zero-order valence-corrected chi connectivity index (χ0v) is 16.7. The minimum Gasteiger partial charge on any atom is -0.340 e. The van der Waals surface area contributed by atoms with E-state index in [1.165, 1.54) is 23.1 Å². The van der Waals surface area contributed by atoms with Gasteiger partial charge in [0.05, 0.1) is 28.7 Å². The lowest BCUT2D eigenvalue weighted by Crippen LogP contribution is -2.03. The molecule has 0 unspecified atom stereocenters. The van der Waals surface area contributed by atoms with Crippen molar-refractivity contribution in [3.8, 4) is 21.7 Å². The molecule has 146 valence electrons. The molecule has 1 aromatic carbocycles. The van der Waals surface area contributed by atoms with Crippen LogP contribution in [-0.2, 0) is 7.05 Å². The Bertz CT molecular complexity index is 1170.